The van der Waals surface area contributed by atoms with Crippen molar-refractivity contribution in [3.8, 4) is 0 Å². The Hall–Kier alpha value is -2.42. The molecule has 3 aromatic rings. The first-order valence-electron chi connectivity index (χ1n) is 6.51. The van der Waals surface area contributed by atoms with Gasteiger partial charge in [0.2, 0.25) is 5.78 Å². The summed E-state index contributed by atoms with van der Waals surface area (Å²) in [7, 11) is 0. The van der Waals surface area contributed by atoms with Crippen molar-refractivity contribution >= 4 is 16.6 Å². The number of hydrogen-bond donors (Lipinski definition) is 0. The Morgan fingerprint density at radius 2 is 1.80 bits per heavy atom. The van der Waals surface area contributed by atoms with Crippen molar-refractivity contribution in [2.24, 2.45) is 0 Å². The molecular weight excluding hydrogens is 255 g/mol. The van der Waals surface area contributed by atoms with Gasteiger partial charge in [-0.25, -0.2) is 4.39 Å². The molecule has 0 fully saturated rings. The average Bonchev–Trinajstić information content (AvgIpc) is 2.96. The maximum absolute atomic E-state index is 13.8. The zero-order valence-corrected chi connectivity index (χ0v) is 11.0. The molecule has 0 N–H and O–H groups in total. The van der Waals surface area contributed by atoms with Crippen molar-refractivity contribution in [1.29, 1.82) is 0 Å². The van der Waals surface area contributed by atoms with Crippen LogP contribution in [0, 0.1) is 5.82 Å². The van der Waals surface area contributed by atoms with Crippen molar-refractivity contribution in [3.63, 3.8) is 0 Å². The standard InChI is InChI=1S/C17H13FO2/c1-2-11-7-10-16(20-11)17(19)14-8-9-15(18)13-6-4-3-5-12(13)14/h3-10H,2H2,1H3. The lowest BCUT2D eigenvalue weighted by molar-refractivity contribution is 0.101. The Morgan fingerprint density at radius 3 is 2.50 bits per heavy atom. The van der Waals surface area contributed by atoms with Gasteiger partial charge in [-0.1, -0.05) is 31.2 Å². The van der Waals surface area contributed by atoms with Gasteiger partial charge in [0, 0.05) is 17.4 Å². The SMILES string of the molecule is CCc1ccc(C(=O)c2ccc(F)c3ccccc23)o1. The van der Waals surface area contributed by atoms with Crippen molar-refractivity contribution in [3.05, 3.63) is 71.4 Å². The molecule has 3 heteroatoms. The van der Waals surface area contributed by atoms with Crippen LogP contribution < -0.4 is 0 Å². The van der Waals surface area contributed by atoms with Crippen molar-refractivity contribution in [2.45, 2.75) is 13.3 Å². The van der Waals surface area contributed by atoms with Crippen LogP contribution in [0.2, 0.25) is 0 Å². The van der Waals surface area contributed by atoms with Gasteiger partial charge in [-0.2, -0.15) is 0 Å². The van der Waals surface area contributed by atoms with Crippen LogP contribution in [0.5, 0.6) is 0 Å². The predicted molar refractivity (Wildman–Crippen MR) is 75.4 cm³/mol. The molecule has 1 aromatic heterocycles. The molecule has 0 radical (unpaired) electrons. The van der Waals surface area contributed by atoms with Crippen LogP contribution in [0.4, 0.5) is 4.39 Å². The van der Waals surface area contributed by atoms with Crippen LogP contribution in [0.25, 0.3) is 10.8 Å². The highest BCUT2D eigenvalue weighted by Gasteiger charge is 2.17. The number of carbonyl (C=O) groups excluding carboxylic acids is 1. The van der Waals surface area contributed by atoms with Crippen LogP contribution in [-0.2, 0) is 6.42 Å². The molecule has 0 aliphatic heterocycles. The average molecular weight is 268 g/mol. The largest absolute Gasteiger partial charge is 0.458 e. The molecule has 100 valence electrons. The molecule has 2 aromatic carbocycles. The zero-order chi connectivity index (χ0) is 14.1. The Morgan fingerprint density at radius 1 is 1.05 bits per heavy atom. The Labute approximate surface area is 115 Å². The molecule has 0 amide bonds. The zero-order valence-electron chi connectivity index (χ0n) is 11.0. The fourth-order valence-corrected chi connectivity index (χ4v) is 2.28. The summed E-state index contributed by atoms with van der Waals surface area (Å²) in [5.41, 5.74) is 0.457. The third-order valence-corrected chi connectivity index (χ3v) is 3.35. The van der Waals surface area contributed by atoms with Gasteiger partial charge in [0.1, 0.15) is 11.6 Å². The van der Waals surface area contributed by atoms with Gasteiger partial charge in [-0.15, -0.1) is 0 Å². The molecule has 0 saturated heterocycles. The number of halogens is 1. The number of rotatable bonds is 3. The van der Waals surface area contributed by atoms with Gasteiger partial charge in [-0.3, -0.25) is 4.79 Å². The molecule has 2 nitrogen and oxygen atoms in total. The molecule has 1 heterocycles. The summed E-state index contributed by atoms with van der Waals surface area (Å²) in [5.74, 6) is 0.505. The van der Waals surface area contributed by atoms with E-state index in [2.05, 4.69) is 0 Å². The van der Waals surface area contributed by atoms with Gasteiger partial charge in [-0.05, 0) is 29.7 Å². The second-order valence-corrected chi connectivity index (χ2v) is 4.59. The molecule has 3 rings (SSSR count). The molecule has 0 aliphatic carbocycles. The summed E-state index contributed by atoms with van der Waals surface area (Å²) >= 11 is 0. The van der Waals surface area contributed by atoms with E-state index in [1.165, 1.54) is 12.1 Å². The van der Waals surface area contributed by atoms with E-state index in [9.17, 15) is 9.18 Å². The quantitative estimate of drug-likeness (QED) is 0.660. The fraction of sp³-hybridized carbons (Fsp3) is 0.118. The topological polar surface area (TPSA) is 30.2 Å². The number of hydrogen-bond acceptors (Lipinski definition) is 2. The Kier molecular flexibility index (Phi) is 3.11. The molecular formula is C17H13FO2. The van der Waals surface area contributed by atoms with Gasteiger partial charge < -0.3 is 4.42 Å². The fourth-order valence-electron chi connectivity index (χ4n) is 2.28. The van der Waals surface area contributed by atoms with Crippen LogP contribution in [0.15, 0.2) is 52.9 Å². The monoisotopic (exact) mass is 268 g/mol. The van der Waals surface area contributed by atoms with Crippen LogP contribution in [0.1, 0.15) is 28.8 Å². The van der Waals surface area contributed by atoms with E-state index in [1.807, 2.05) is 6.92 Å². The molecule has 0 bridgehead atoms. The number of benzene rings is 2. The van der Waals surface area contributed by atoms with Crippen LogP contribution >= 0.6 is 0 Å². The number of fused-ring (bicyclic) bond motifs is 1. The summed E-state index contributed by atoms with van der Waals surface area (Å²) in [6.07, 6.45) is 0.734. The second-order valence-electron chi connectivity index (χ2n) is 4.59. The summed E-state index contributed by atoms with van der Waals surface area (Å²) in [6.45, 7) is 1.96. The third-order valence-electron chi connectivity index (χ3n) is 3.35. The van der Waals surface area contributed by atoms with E-state index >= 15 is 0 Å². The summed E-state index contributed by atoms with van der Waals surface area (Å²) in [5, 5.41) is 1.05. The summed E-state index contributed by atoms with van der Waals surface area (Å²) < 4.78 is 19.2. The van der Waals surface area contributed by atoms with Gasteiger partial charge in [0.25, 0.3) is 0 Å². The number of furan rings is 1. The Bertz CT molecular complexity index is 787. The van der Waals surface area contributed by atoms with Gasteiger partial charge in [0.05, 0.1) is 0 Å². The van der Waals surface area contributed by atoms with E-state index in [-0.39, 0.29) is 11.6 Å². The van der Waals surface area contributed by atoms with E-state index < -0.39 is 0 Å². The molecule has 20 heavy (non-hydrogen) atoms. The first-order chi connectivity index (χ1) is 9.70. The highest BCUT2D eigenvalue weighted by molar-refractivity contribution is 6.15. The highest BCUT2D eigenvalue weighted by atomic mass is 19.1. The van der Waals surface area contributed by atoms with E-state index in [1.54, 1.807) is 36.4 Å². The molecule has 0 unspecified atom stereocenters. The van der Waals surface area contributed by atoms with E-state index in [0.717, 1.165) is 12.2 Å². The smallest absolute Gasteiger partial charge is 0.228 e. The highest BCUT2D eigenvalue weighted by Crippen LogP contribution is 2.24. The third kappa shape index (κ3) is 2.01. The maximum atomic E-state index is 13.8. The maximum Gasteiger partial charge on any atom is 0.228 e. The normalized spacial score (nSPS) is 10.9. The molecule has 0 saturated carbocycles. The van der Waals surface area contributed by atoms with Gasteiger partial charge in [0.15, 0.2) is 5.76 Å². The molecule has 0 atom stereocenters. The lowest BCUT2D eigenvalue weighted by Crippen LogP contribution is -2.01. The number of ketones is 1. The first kappa shape index (κ1) is 12.6. The van der Waals surface area contributed by atoms with Crippen molar-refractivity contribution < 1.29 is 13.6 Å². The minimum atomic E-state index is -0.328. The minimum absolute atomic E-state index is 0.221. The van der Waals surface area contributed by atoms with Crippen molar-refractivity contribution in [2.75, 3.05) is 0 Å². The lowest BCUT2D eigenvalue weighted by atomic mass is 10.00. The second kappa shape index (κ2) is 4.93. The summed E-state index contributed by atoms with van der Waals surface area (Å²) in [4.78, 5) is 12.5. The van der Waals surface area contributed by atoms with Crippen LogP contribution in [0.3, 0.4) is 0 Å². The summed E-state index contributed by atoms with van der Waals surface area (Å²) in [6, 6.07) is 13.2. The Balaban J connectivity index is 2.14. The number of aryl methyl sites for hydroxylation is 1. The van der Waals surface area contributed by atoms with E-state index in [0.29, 0.717) is 22.1 Å². The molecule has 0 aliphatic rings. The van der Waals surface area contributed by atoms with Crippen LogP contribution in [-0.4, -0.2) is 5.78 Å². The minimum Gasteiger partial charge on any atom is -0.458 e. The van der Waals surface area contributed by atoms with E-state index in [4.69, 9.17) is 4.42 Å². The predicted octanol–water partition coefficient (Wildman–Crippen LogP) is 4.37. The van der Waals surface area contributed by atoms with Gasteiger partial charge >= 0.3 is 0 Å². The number of carbonyl (C=O) groups is 1. The lowest BCUT2D eigenvalue weighted by Gasteiger charge is -2.05. The van der Waals surface area contributed by atoms with Crippen molar-refractivity contribution in [1.82, 2.24) is 0 Å². The first-order valence-corrected chi connectivity index (χ1v) is 6.51. The molecule has 0 spiro atoms.